The average Bonchev–Trinajstić information content (AvgIpc) is 2.80. The number of rotatable bonds is 5. The van der Waals surface area contributed by atoms with E-state index in [0.29, 0.717) is 21.4 Å². The number of benzene rings is 1. The maximum absolute atomic E-state index is 13.7. The summed E-state index contributed by atoms with van der Waals surface area (Å²) in [6.45, 7) is 3.91. The van der Waals surface area contributed by atoms with E-state index >= 15 is 0 Å². The van der Waals surface area contributed by atoms with Gasteiger partial charge in [-0.2, -0.15) is 0 Å². The number of halogens is 3. The van der Waals surface area contributed by atoms with Gasteiger partial charge in [0, 0.05) is 23.0 Å². The van der Waals surface area contributed by atoms with Gasteiger partial charge in [0.2, 0.25) is 0 Å². The Kier molecular flexibility index (Phi) is 5.07. The molecule has 1 aromatic heterocycles. The number of Topliss-reactive ketones (excluding diaryl/α,β-unsaturated/α-hetero) is 1. The van der Waals surface area contributed by atoms with Crippen molar-refractivity contribution in [2.24, 2.45) is 0 Å². The van der Waals surface area contributed by atoms with E-state index in [-0.39, 0.29) is 30.5 Å². The van der Waals surface area contributed by atoms with Crippen molar-refractivity contribution in [2.75, 3.05) is 0 Å². The van der Waals surface area contributed by atoms with Crippen molar-refractivity contribution in [3.8, 4) is 0 Å². The molecule has 0 radical (unpaired) electrons. The summed E-state index contributed by atoms with van der Waals surface area (Å²) in [6.07, 6.45) is 0.457. The van der Waals surface area contributed by atoms with Crippen molar-refractivity contribution in [3.63, 3.8) is 0 Å². The fraction of sp³-hybridized carbons (Fsp3) is 0.312. The standard InChI is InChI=1S/C16H16Cl2FNO/c1-10(2)20-14(7-9-16(20)18)15(21)8-6-11-12(17)4-3-5-13(11)19/h3-5,7,9-10H,6,8H2,1-2H3. The van der Waals surface area contributed by atoms with E-state index in [0.717, 1.165) is 0 Å². The zero-order chi connectivity index (χ0) is 15.6. The first-order valence-corrected chi connectivity index (χ1v) is 7.50. The van der Waals surface area contributed by atoms with Crippen molar-refractivity contribution < 1.29 is 9.18 Å². The Balaban J connectivity index is 2.16. The highest BCUT2D eigenvalue weighted by molar-refractivity contribution is 6.31. The van der Waals surface area contributed by atoms with Gasteiger partial charge in [-0.3, -0.25) is 4.79 Å². The van der Waals surface area contributed by atoms with Gasteiger partial charge in [-0.15, -0.1) is 0 Å². The Bertz CT molecular complexity index is 644. The van der Waals surface area contributed by atoms with Gasteiger partial charge in [0.05, 0.1) is 5.69 Å². The molecule has 1 heterocycles. The van der Waals surface area contributed by atoms with Gasteiger partial charge < -0.3 is 4.57 Å². The molecule has 0 saturated heterocycles. The summed E-state index contributed by atoms with van der Waals surface area (Å²) < 4.78 is 15.5. The molecular formula is C16H16Cl2FNO. The van der Waals surface area contributed by atoms with Crippen molar-refractivity contribution in [2.45, 2.75) is 32.7 Å². The molecule has 0 aliphatic heterocycles. The number of hydrogen-bond acceptors (Lipinski definition) is 1. The van der Waals surface area contributed by atoms with E-state index in [2.05, 4.69) is 0 Å². The van der Waals surface area contributed by atoms with Crippen molar-refractivity contribution in [1.82, 2.24) is 4.57 Å². The maximum Gasteiger partial charge on any atom is 0.179 e. The minimum Gasteiger partial charge on any atom is -0.327 e. The summed E-state index contributed by atoms with van der Waals surface area (Å²) >= 11 is 12.0. The SMILES string of the molecule is CC(C)n1c(Cl)ccc1C(=O)CCc1c(F)cccc1Cl. The van der Waals surface area contributed by atoms with Crippen LogP contribution in [0.25, 0.3) is 0 Å². The summed E-state index contributed by atoms with van der Waals surface area (Å²) in [5, 5.41) is 0.873. The zero-order valence-corrected chi connectivity index (χ0v) is 13.4. The van der Waals surface area contributed by atoms with Crippen LogP contribution in [0.1, 0.15) is 42.4 Å². The molecule has 2 aromatic rings. The van der Waals surface area contributed by atoms with E-state index in [1.807, 2.05) is 13.8 Å². The van der Waals surface area contributed by atoms with Crippen LogP contribution in [-0.2, 0) is 6.42 Å². The molecule has 1 aromatic carbocycles. The Hall–Kier alpha value is -1.32. The summed E-state index contributed by atoms with van der Waals surface area (Å²) in [5.41, 5.74) is 0.920. The molecule has 0 saturated carbocycles. The average molecular weight is 328 g/mol. The maximum atomic E-state index is 13.7. The molecule has 112 valence electrons. The van der Waals surface area contributed by atoms with Gasteiger partial charge in [-0.1, -0.05) is 29.3 Å². The quantitative estimate of drug-likeness (QED) is 0.680. The normalized spacial score (nSPS) is 11.1. The Morgan fingerprint density at radius 2 is 1.95 bits per heavy atom. The minimum atomic E-state index is -0.382. The van der Waals surface area contributed by atoms with E-state index in [4.69, 9.17) is 23.2 Å². The predicted octanol–water partition coefficient (Wildman–Crippen LogP) is 5.33. The first kappa shape index (κ1) is 16.1. The van der Waals surface area contributed by atoms with Crippen LogP contribution < -0.4 is 0 Å². The second kappa shape index (κ2) is 6.63. The molecule has 0 spiro atoms. The first-order chi connectivity index (χ1) is 9.91. The van der Waals surface area contributed by atoms with Crippen molar-refractivity contribution >= 4 is 29.0 Å². The van der Waals surface area contributed by atoms with Gasteiger partial charge in [0.25, 0.3) is 0 Å². The third-order valence-corrected chi connectivity index (χ3v) is 4.00. The second-order valence-corrected chi connectivity index (χ2v) is 5.92. The molecule has 0 fully saturated rings. The fourth-order valence-electron chi connectivity index (χ4n) is 2.31. The fourth-order valence-corrected chi connectivity index (χ4v) is 2.92. The summed E-state index contributed by atoms with van der Waals surface area (Å²) in [7, 11) is 0. The number of carbonyl (C=O) groups is 1. The minimum absolute atomic E-state index is 0.0741. The lowest BCUT2D eigenvalue weighted by molar-refractivity contribution is 0.0972. The lowest BCUT2D eigenvalue weighted by Crippen LogP contribution is -2.12. The topological polar surface area (TPSA) is 22.0 Å². The van der Waals surface area contributed by atoms with E-state index in [9.17, 15) is 9.18 Å². The van der Waals surface area contributed by atoms with Gasteiger partial charge in [0.15, 0.2) is 5.78 Å². The van der Waals surface area contributed by atoms with Crippen LogP contribution in [-0.4, -0.2) is 10.4 Å². The summed E-state index contributed by atoms with van der Waals surface area (Å²) in [6, 6.07) is 8.01. The monoisotopic (exact) mass is 327 g/mol. The first-order valence-electron chi connectivity index (χ1n) is 6.74. The van der Waals surface area contributed by atoms with E-state index in [1.165, 1.54) is 6.07 Å². The molecule has 0 atom stereocenters. The Labute approximate surface area is 133 Å². The molecule has 0 amide bonds. The van der Waals surface area contributed by atoms with E-state index < -0.39 is 0 Å². The van der Waals surface area contributed by atoms with Crippen LogP contribution in [0.4, 0.5) is 4.39 Å². The number of aromatic nitrogens is 1. The second-order valence-electron chi connectivity index (χ2n) is 5.13. The number of carbonyl (C=O) groups excluding carboxylic acids is 1. The number of ketones is 1. The summed E-state index contributed by atoms with van der Waals surface area (Å²) in [5.74, 6) is -0.456. The predicted molar refractivity (Wildman–Crippen MR) is 83.9 cm³/mol. The smallest absolute Gasteiger partial charge is 0.179 e. The third kappa shape index (κ3) is 3.47. The van der Waals surface area contributed by atoms with Crippen LogP contribution in [0.2, 0.25) is 10.2 Å². The van der Waals surface area contributed by atoms with Crippen molar-refractivity contribution in [1.29, 1.82) is 0 Å². The lowest BCUT2D eigenvalue weighted by atomic mass is 10.1. The van der Waals surface area contributed by atoms with Crippen LogP contribution in [0.5, 0.6) is 0 Å². The van der Waals surface area contributed by atoms with Gasteiger partial charge in [-0.05, 0) is 44.5 Å². The molecule has 0 unspecified atom stereocenters. The van der Waals surface area contributed by atoms with Gasteiger partial charge in [-0.25, -0.2) is 4.39 Å². The van der Waals surface area contributed by atoms with Crippen LogP contribution in [0.3, 0.4) is 0 Å². The number of nitrogens with zero attached hydrogens (tertiary/aromatic N) is 1. The molecule has 0 N–H and O–H groups in total. The molecule has 2 rings (SSSR count). The van der Waals surface area contributed by atoms with Crippen molar-refractivity contribution in [3.05, 3.63) is 57.6 Å². The molecule has 0 aliphatic carbocycles. The largest absolute Gasteiger partial charge is 0.327 e. The molecular weight excluding hydrogens is 312 g/mol. The highest BCUT2D eigenvalue weighted by atomic mass is 35.5. The molecule has 5 heteroatoms. The molecule has 0 bridgehead atoms. The highest BCUT2D eigenvalue weighted by Gasteiger charge is 2.17. The Morgan fingerprint density at radius 1 is 1.24 bits per heavy atom. The van der Waals surface area contributed by atoms with E-state index in [1.54, 1.807) is 28.8 Å². The highest BCUT2D eigenvalue weighted by Crippen LogP contribution is 2.24. The lowest BCUT2D eigenvalue weighted by Gasteiger charge is -2.14. The molecule has 0 aliphatic rings. The molecule has 21 heavy (non-hydrogen) atoms. The van der Waals surface area contributed by atoms with Crippen LogP contribution in [0.15, 0.2) is 30.3 Å². The third-order valence-electron chi connectivity index (χ3n) is 3.33. The molecule has 2 nitrogen and oxygen atoms in total. The number of hydrogen-bond donors (Lipinski definition) is 0. The zero-order valence-electron chi connectivity index (χ0n) is 11.9. The Morgan fingerprint density at radius 3 is 2.57 bits per heavy atom. The van der Waals surface area contributed by atoms with Crippen LogP contribution >= 0.6 is 23.2 Å². The van der Waals surface area contributed by atoms with Crippen LogP contribution in [0, 0.1) is 5.82 Å². The van der Waals surface area contributed by atoms with Gasteiger partial charge >= 0.3 is 0 Å². The summed E-state index contributed by atoms with van der Waals surface area (Å²) in [4.78, 5) is 12.3. The van der Waals surface area contributed by atoms with Gasteiger partial charge in [0.1, 0.15) is 11.0 Å².